The lowest BCUT2D eigenvalue weighted by molar-refractivity contribution is -0.119. The minimum atomic E-state index is -3.24. The SMILES string of the molecule is CN(Cc1ccc(-c2cccc(N(C(=O)C3CC3)C3=COCO3)n2)cc1)S(C)(=O)=O. The van der Waals surface area contributed by atoms with Gasteiger partial charge in [0.2, 0.25) is 28.6 Å². The summed E-state index contributed by atoms with van der Waals surface area (Å²) in [6, 6.07) is 13.0. The van der Waals surface area contributed by atoms with Crippen LogP contribution in [-0.2, 0) is 30.8 Å². The lowest BCUT2D eigenvalue weighted by Gasteiger charge is -2.21. The number of ether oxygens (including phenoxy) is 2. The predicted molar refractivity (Wildman–Crippen MR) is 111 cm³/mol. The van der Waals surface area contributed by atoms with Gasteiger partial charge >= 0.3 is 0 Å². The van der Waals surface area contributed by atoms with Crippen LogP contribution in [0.5, 0.6) is 0 Å². The summed E-state index contributed by atoms with van der Waals surface area (Å²) >= 11 is 0. The lowest BCUT2D eigenvalue weighted by Crippen LogP contribution is -2.32. The fourth-order valence-corrected chi connectivity index (χ4v) is 3.45. The third-order valence-corrected chi connectivity index (χ3v) is 6.27. The van der Waals surface area contributed by atoms with Gasteiger partial charge in [0.25, 0.3) is 0 Å². The van der Waals surface area contributed by atoms with Gasteiger partial charge in [-0.1, -0.05) is 30.3 Å². The zero-order valence-electron chi connectivity index (χ0n) is 16.8. The van der Waals surface area contributed by atoms with Gasteiger partial charge in [0, 0.05) is 25.1 Å². The van der Waals surface area contributed by atoms with E-state index in [1.165, 1.54) is 21.7 Å². The maximum absolute atomic E-state index is 12.8. The maximum Gasteiger partial charge on any atom is 0.241 e. The van der Waals surface area contributed by atoms with Crippen molar-refractivity contribution in [3.05, 3.63) is 60.2 Å². The molecule has 0 unspecified atom stereocenters. The van der Waals surface area contributed by atoms with E-state index in [9.17, 15) is 13.2 Å². The normalized spacial score (nSPS) is 16.0. The molecule has 2 aromatic rings. The molecular weight excluding hydrogens is 406 g/mol. The van der Waals surface area contributed by atoms with Gasteiger partial charge in [-0.3, -0.25) is 4.79 Å². The van der Waals surface area contributed by atoms with E-state index < -0.39 is 10.0 Å². The molecule has 0 saturated heterocycles. The van der Waals surface area contributed by atoms with E-state index in [2.05, 4.69) is 4.98 Å². The van der Waals surface area contributed by atoms with Gasteiger partial charge in [0.15, 0.2) is 0 Å². The van der Waals surface area contributed by atoms with Gasteiger partial charge in [0.05, 0.1) is 11.9 Å². The van der Waals surface area contributed by atoms with Crippen LogP contribution in [0.15, 0.2) is 54.6 Å². The summed E-state index contributed by atoms with van der Waals surface area (Å²) in [5.74, 6) is 0.764. The number of sulfonamides is 1. The van der Waals surface area contributed by atoms with E-state index in [0.29, 0.717) is 23.9 Å². The molecular formula is C21H23N3O5S. The number of hydrogen-bond acceptors (Lipinski definition) is 6. The van der Waals surface area contributed by atoms with E-state index in [0.717, 1.165) is 24.0 Å². The van der Waals surface area contributed by atoms with Crippen LogP contribution >= 0.6 is 0 Å². The number of aromatic nitrogens is 1. The van der Waals surface area contributed by atoms with Crippen molar-refractivity contribution in [2.75, 3.05) is 25.0 Å². The molecule has 1 aliphatic heterocycles. The zero-order chi connectivity index (χ0) is 21.3. The molecule has 158 valence electrons. The predicted octanol–water partition coefficient (Wildman–Crippen LogP) is 2.69. The van der Waals surface area contributed by atoms with Crippen LogP contribution < -0.4 is 4.90 Å². The molecule has 0 atom stereocenters. The Kier molecular flexibility index (Phi) is 5.48. The first kappa shape index (κ1) is 20.4. The maximum atomic E-state index is 12.8. The Morgan fingerprint density at radius 1 is 1.17 bits per heavy atom. The third-order valence-electron chi connectivity index (χ3n) is 5.01. The molecule has 0 N–H and O–H groups in total. The molecule has 4 rings (SSSR count). The lowest BCUT2D eigenvalue weighted by atomic mass is 10.1. The summed E-state index contributed by atoms with van der Waals surface area (Å²) < 4.78 is 35.1. The molecule has 30 heavy (non-hydrogen) atoms. The average molecular weight is 429 g/mol. The van der Waals surface area contributed by atoms with Crippen LogP contribution in [-0.4, -0.2) is 43.7 Å². The second-order valence-corrected chi connectivity index (χ2v) is 9.52. The molecule has 1 aromatic heterocycles. The number of carbonyl (C=O) groups excluding carboxylic acids is 1. The number of anilines is 1. The van der Waals surface area contributed by atoms with Crippen molar-refractivity contribution in [1.29, 1.82) is 0 Å². The summed E-state index contributed by atoms with van der Waals surface area (Å²) in [5, 5.41) is 0. The van der Waals surface area contributed by atoms with E-state index in [-0.39, 0.29) is 18.6 Å². The van der Waals surface area contributed by atoms with E-state index in [1.807, 2.05) is 36.4 Å². The minimum Gasteiger partial charge on any atom is -0.459 e. The summed E-state index contributed by atoms with van der Waals surface area (Å²) in [7, 11) is -1.70. The number of amides is 1. The van der Waals surface area contributed by atoms with Gasteiger partial charge < -0.3 is 9.47 Å². The van der Waals surface area contributed by atoms with Gasteiger partial charge in [0.1, 0.15) is 12.1 Å². The van der Waals surface area contributed by atoms with Crippen molar-refractivity contribution < 1.29 is 22.7 Å². The monoisotopic (exact) mass is 429 g/mol. The number of carbonyl (C=O) groups is 1. The highest BCUT2D eigenvalue weighted by Gasteiger charge is 2.37. The number of pyridine rings is 1. The van der Waals surface area contributed by atoms with Crippen molar-refractivity contribution in [1.82, 2.24) is 9.29 Å². The molecule has 0 bridgehead atoms. The Hall–Kier alpha value is -2.91. The Balaban J connectivity index is 1.58. The van der Waals surface area contributed by atoms with Crippen LogP contribution in [0.25, 0.3) is 11.3 Å². The standard InChI is InChI=1S/C21H23N3O5S/c1-23(30(2,26)27)12-15-6-8-16(9-7-15)18-4-3-5-19(22-18)24(20-13-28-14-29-20)21(25)17-10-11-17/h3-9,13,17H,10-12,14H2,1-2H3. The number of rotatable bonds is 7. The summed E-state index contributed by atoms with van der Waals surface area (Å²) in [6.07, 6.45) is 4.35. The average Bonchev–Trinajstić information content (AvgIpc) is 3.44. The van der Waals surface area contributed by atoms with Gasteiger partial charge in [-0.2, -0.15) is 0 Å². The summed E-state index contributed by atoms with van der Waals surface area (Å²) in [5.41, 5.74) is 2.43. The fourth-order valence-electron chi connectivity index (χ4n) is 3.06. The van der Waals surface area contributed by atoms with Crippen molar-refractivity contribution in [3.8, 4) is 11.3 Å². The van der Waals surface area contributed by atoms with Crippen molar-refractivity contribution in [3.63, 3.8) is 0 Å². The van der Waals surface area contributed by atoms with Crippen LogP contribution in [0.1, 0.15) is 18.4 Å². The highest BCUT2D eigenvalue weighted by Crippen LogP contribution is 2.35. The van der Waals surface area contributed by atoms with Crippen LogP contribution in [0.3, 0.4) is 0 Å². The van der Waals surface area contributed by atoms with E-state index in [4.69, 9.17) is 9.47 Å². The molecule has 1 aromatic carbocycles. The number of benzene rings is 1. The molecule has 1 aliphatic carbocycles. The van der Waals surface area contributed by atoms with Crippen LogP contribution in [0.2, 0.25) is 0 Å². The molecule has 1 fully saturated rings. The van der Waals surface area contributed by atoms with E-state index in [1.54, 1.807) is 13.1 Å². The topological polar surface area (TPSA) is 89.0 Å². The molecule has 8 nitrogen and oxygen atoms in total. The quantitative estimate of drug-likeness (QED) is 0.672. The zero-order valence-corrected chi connectivity index (χ0v) is 17.6. The third kappa shape index (κ3) is 4.47. The summed E-state index contributed by atoms with van der Waals surface area (Å²) in [4.78, 5) is 19.0. The highest BCUT2D eigenvalue weighted by molar-refractivity contribution is 7.88. The first-order valence-corrected chi connectivity index (χ1v) is 11.4. The molecule has 9 heteroatoms. The van der Waals surface area contributed by atoms with Crippen molar-refractivity contribution >= 4 is 21.7 Å². The molecule has 0 radical (unpaired) electrons. The van der Waals surface area contributed by atoms with Gasteiger partial charge in [-0.25, -0.2) is 22.6 Å². The fraction of sp³-hybridized carbons (Fsp3) is 0.333. The first-order valence-electron chi connectivity index (χ1n) is 9.59. The van der Waals surface area contributed by atoms with E-state index >= 15 is 0 Å². The highest BCUT2D eigenvalue weighted by atomic mass is 32.2. The molecule has 2 heterocycles. The molecule has 2 aliphatic rings. The number of hydrogen-bond donors (Lipinski definition) is 0. The second-order valence-electron chi connectivity index (χ2n) is 7.43. The van der Waals surface area contributed by atoms with Crippen LogP contribution in [0, 0.1) is 5.92 Å². The van der Waals surface area contributed by atoms with Gasteiger partial charge in [-0.15, -0.1) is 0 Å². The Morgan fingerprint density at radius 2 is 1.90 bits per heavy atom. The molecule has 1 amide bonds. The summed E-state index contributed by atoms with van der Waals surface area (Å²) in [6.45, 7) is 0.370. The van der Waals surface area contributed by atoms with Crippen LogP contribution in [0.4, 0.5) is 5.82 Å². The Morgan fingerprint density at radius 3 is 2.50 bits per heavy atom. The molecule has 0 spiro atoms. The first-order chi connectivity index (χ1) is 14.3. The Bertz CT molecular complexity index is 1080. The smallest absolute Gasteiger partial charge is 0.241 e. The largest absolute Gasteiger partial charge is 0.459 e. The minimum absolute atomic E-state index is 0.00771. The van der Waals surface area contributed by atoms with Crippen molar-refractivity contribution in [2.45, 2.75) is 19.4 Å². The number of nitrogens with zero attached hydrogens (tertiary/aromatic N) is 3. The molecule has 1 saturated carbocycles. The Labute approximate surface area is 175 Å². The van der Waals surface area contributed by atoms with Crippen molar-refractivity contribution in [2.24, 2.45) is 5.92 Å². The second kappa shape index (κ2) is 8.08. The van der Waals surface area contributed by atoms with Gasteiger partial charge in [-0.05, 0) is 30.5 Å².